The third-order valence-corrected chi connectivity index (χ3v) is 2.74. The van der Waals surface area contributed by atoms with Gasteiger partial charge in [0.05, 0.1) is 4.92 Å². The Morgan fingerprint density at radius 3 is 2.75 bits per heavy atom. The van der Waals surface area contributed by atoms with Crippen LogP contribution in [0.4, 0.5) is 14.5 Å². The number of aromatic nitrogens is 2. The van der Waals surface area contributed by atoms with E-state index in [1.807, 2.05) is 0 Å². The summed E-state index contributed by atoms with van der Waals surface area (Å²) in [5, 5.41) is 17.7. The molecule has 1 aromatic heterocycles. The van der Waals surface area contributed by atoms with Crippen LogP contribution in [0.3, 0.4) is 0 Å². The van der Waals surface area contributed by atoms with Gasteiger partial charge in [-0.25, -0.2) is 4.39 Å². The number of hydrogen-bond donors (Lipinski definition) is 0. The molecule has 2 aromatic rings. The summed E-state index contributed by atoms with van der Waals surface area (Å²) in [4.78, 5) is 9.67. The van der Waals surface area contributed by atoms with Crippen LogP contribution in [0.5, 0.6) is 0 Å². The number of benzene rings is 1. The molecule has 0 aliphatic carbocycles. The van der Waals surface area contributed by atoms with Crippen LogP contribution in [0.25, 0.3) is 11.5 Å². The Labute approximate surface area is 116 Å². The molecule has 0 amide bonds. The van der Waals surface area contributed by atoms with Gasteiger partial charge in [-0.15, -0.1) is 21.8 Å². The van der Waals surface area contributed by atoms with Crippen LogP contribution in [-0.4, -0.2) is 21.0 Å². The quantitative estimate of drug-likeness (QED) is 0.481. The smallest absolute Gasteiger partial charge is 0.305 e. The Bertz CT molecular complexity index is 648. The summed E-state index contributed by atoms with van der Waals surface area (Å²) in [7, 11) is 0. The third-order valence-electron chi connectivity index (χ3n) is 2.47. The predicted octanol–water partition coefficient (Wildman–Crippen LogP) is 3.09. The van der Waals surface area contributed by atoms with E-state index in [-0.39, 0.29) is 5.89 Å². The summed E-state index contributed by atoms with van der Waals surface area (Å²) < 4.78 is 32.6. The standard InChI is InChI=1S/C11H8ClF2N3O3/c12-5-1-2-8-15-16-11(20-8)9-6(13)3-4-7(10(9)14)17(18)19/h3-4H,1-2,5H2. The van der Waals surface area contributed by atoms with Crippen LogP contribution < -0.4 is 0 Å². The van der Waals surface area contributed by atoms with Crippen molar-refractivity contribution < 1.29 is 18.1 Å². The molecule has 0 atom stereocenters. The molecule has 0 fully saturated rings. The van der Waals surface area contributed by atoms with Gasteiger partial charge in [-0.2, -0.15) is 4.39 Å². The Hall–Kier alpha value is -2.09. The van der Waals surface area contributed by atoms with Crippen molar-refractivity contribution in [1.29, 1.82) is 0 Å². The van der Waals surface area contributed by atoms with Gasteiger partial charge in [-0.1, -0.05) is 0 Å². The van der Waals surface area contributed by atoms with Crippen molar-refractivity contribution in [3.63, 3.8) is 0 Å². The lowest BCUT2D eigenvalue weighted by Crippen LogP contribution is -1.97. The van der Waals surface area contributed by atoms with E-state index in [0.717, 1.165) is 12.1 Å². The highest BCUT2D eigenvalue weighted by Gasteiger charge is 2.26. The van der Waals surface area contributed by atoms with E-state index in [9.17, 15) is 18.9 Å². The first-order valence-electron chi connectivity index (χ1n) is 5.55. The van der Waals surface area contributed by atoms with Crippen LogP contribution in [0, 0.1) is 21.7 Å². The molecule has 0 saturated carbocycles. The molecular weight excluding hydrogens is 296 g/mol. The summed E-state index contributed by atoms with van der Waals surface area (Å²) in [6.45, 7) is 0. The highest BCUT2D eigenvalue weighted by molar-refractivity contribution is 6.17. The minimum absolute atomic E-state index is 0.158. The first-order chi connectivity index (χ1) is 9.54. The summed E-state index contributed by atoms with van der Waals surface area (Å²) in [5.41, 5.74) is -1.56. The summed E-state index contributed by atoms with van der Waals surface area (Å²) in [5.74, 6) is -2.26. The van der Waals surface area contributed by atoms with E-state index in [2.05, 4.69) is 10.2 Å². The number of alkyl halides is 1. The largest absolute Gasteiger partial charge is 0.420 e. The zero-order valence-electron chi connectivity index (χ0n) is 9.98. The lowest BCUT2D eigenvalue weighted by molar-refractivity contribution is -0.387. The molecule has 1 heterocycles. The highest BCUT2D eigenvalue weighted by atomic mass is 35.5. The van der Waals surface area contributed by atoms with E-state index in [1.165, 1.54) is 0 Å². The van der Waals surface area contributed by atoms with Crippen molar-refractivity contribution in [2.75, 3.05) is 5.88 Å². The summed E-state index contributed by atoms with van der Waals surface area (Å²) >= 11 is 5.50. The van der Waals surface area contributed by atoms with Crippen LogP contribution in [-0.2, 0) is 6.42 Å². The predicted molar refractivity (Wildman–Crippen MR) is 65.3 cm³/mol. The number of nitrogens with zero attached hydrogens (tertiary/aromatic N) is 3. The second kappa shape index (κ2) is 5.91. The zero-order chi connectivity index (χ0) is 14.7. The van der Waals surface area contributed by atoms with Gasteiger partial charge in [0.25, 0.3) is 5.89 Å². The molecule has 1 aromatic carbocycles. The molecule has 20 heavy (non-hydrogen) atoms. The third kappa shape index (κ3) is 2.74. The number of hydrogen-bond acceptors (Lipinski definition) is 5. The first-order valence-corrected chi connectivity index (χ1v) is 6.09. The van der Waals surface area contributed by atoms with Crippen molar-refractivity contribution in [3.05, 3.63) is 39.8 Å². The average molecular weight is 304 g/mol. The van der Waals surface area contributed by atoms with Gasteiger partial charge in [0.2, 0.25) is 11.7 Å². The molecule has 0 unspecified atom stereocenters. The van der Waals surface area contributed by atoms with Crippen molar-refractivity contribution in [2.45, 2.75) is 12.8 Å². The van der Waals surface area contributed by atoms with Crippen LogP contribution >= 0.6 is 11.6 Å². The van der Waals surface area contributed by atoms with Crippen LogP contribution in [0.15, 0.2) is 16.5 Å². The van der Waals surface area contributed by atoms with E-state index >= 15 is 0 Å². The van der Waals surface area contributed by atoms with Gasteiger partial charge in [-0.3, -0.25) is 10.1 Å². The minimum atomic E-state index is -1.34. The fraction of sp³-hybridized carbons (Fsp3) is 0.273. The Balaban J connectivity index is 2.44. The molecule has 0 spiro atoms. The molecule has 0 bridgehead atoms. The van der Waals surface area contributed by atoms with Crippen LogP contribution in [0.1, 0.15) is 12.3 Å². The molecule has 2 rings (SSSR count). The highest BCUT2D eigenvalue weighted by Crippen LogP contribution is 2.30. The fourth-order valence-corrected chi connectivity index (χ4v) is 1.69. The van der Waals surface area contributed by atoms with Crippen molar-refractivity contribution in [1.82, 2.24) is 10.2 Å². The molecule has 6 nitrogen and oxygen atoms in total. The SMILES string of the molecule is O=[N+]([O-])c1ccc(F)c(-c2nnc(CCCCl)o2)c1F. The summed E-state index contributed by atoms with van der Waals surface area (Å²) in [6, 6.07) is 1.51. The molecule has 0 radical (unpaired) electrons. The molecule has 106 valence electrons. The molecular formula is C11H8ClF2N3O3. The number of nitro groups is 1. The van der Waals surface area contributed by atoms with Gasteiger partial charge >= 0.3 is 5.69 Å². The average Bonchev–Trinajstić information content (AvgIpc) is 2.84. The Morgan fingerprint density at radius 1 is 1.35 bits per heavy atom. The number of rotatable bonds is 5. The van der Waals surface area contributed by atoms with Gasteiger partial charge in [-0.05, 0) is 12.5 Å². The molecule has 0 aliphatic heterocycles. The lowest BCUT2D eigenvalue weighted by Gasteiger charge is -2.00. The van der Waals surface area contributed by atoms with Gasteiger partial charge in [0.1, 0.15) is 11.4 Å². The topological polar surface area (TPSA) is 82.1 Å². The monoisotopic (exact) mass is 303 g/mol. The normalized spacial score (nSPS) is 10.8. The van der Waals surface area contributed by atoms with Gasteiger partial charge in [0.15, 0.2) is 0 Å². The van der Waals surface area contributed by atoms with E-state index < -0.39 is 33.7 Å². The van der Waals surface area contributed by atoms with Gasteiger partial charge < -0.3 is 4.42 Å². The Kier molecular flexibility index (Phi) is 4.23. The Morgan fingerprint density at radius 2 is 2.10 bits per heavy atom. The lowest BCUT2D eigenvalue weighted by atomic mass is 10.1. The first kappa shape index (κ1) is 14.3. The van der Waals surface area contributed by atoms with E-state index in [4.69, 9.17) is 16.0 Å². The number of halogens is 3. The molecule has 0 aliphatic rings. The zero-order valence-corrected chi connectivity index (χ0v) is 10.7. The number of aryl methyl sites for hydroxylation is 1. The number of nitro benzene ring substituents is 1. The minimum Gasteiger partial charge on any atom is -0.420 e. The van der Waals surface area contributed by atoms with Gasteiger partial charge in [0, 0.05) is 18.4 Å². The molecule has 9 heteroatoms. The summed E-state index contributed by atoms with van der Waals surface area (Å²) in [6.07, 6.45) is 0.914. The second-order valence-electron chi connectivity index (χ2n) is 3.81. The van der Waals surface area contributed by atoms with E-state index in [1.54, 1.807) is 0 Å². The van der Waals surface area contributed by atoms with Crippen LogP contribution in [0.2, 0.25) is 0 Å². The van der Waals surface area contributed by atoms with E-state index in [0.29, 0.717) is 18.7 Å². The molecule has 0 N–H and O–H groups in total. The van der Waals surface area contributed by atoms with Crippen molar-refractivity contribution >= 4 is 17.3 Å². The van der Waals surface area contributed by atoms with Crippen molar-refractivity contribution in [3.8, 4) is 11.5 Å². The molecule has 0 saturated heterocycles. The maximum Gasteiger partial charge on any atom is 0.305 e. The maximum absolute atomic E-state index is 13.9. The van der Waals surface area contributed by atoms with Crippen molar-refractivity contribution in [2.24, 2.45) is 0 Å². The maximum atomic E-state index is 13.9. The fourth-order valence-electron chi connectivity index (χ4n) is 1.55. The second-order valence-corrected chi connectivity index (χ2v) is 4.18.